The molecule has 0 aliphatic carbocycles. The van der Waals surface area contributed by atoms with Crippen LogP contribution >= 0.6 is 15.6 Å². The van der Waals surface area contributed by atoms with Crippen LogP contribution in [-0.2, 0) is 65.4 Å². The lowest BCUT2D eigenvalue weighted by Gasteiger charge is -2.21. The fraction of sp³-hybridized carbons (Fsp3) is 0.741. The SMILES string of the molecule is CCCCC/C=C\C/C=C\C/C=C\C/C=C\CCCC(=O)O[C@H](COC(=O)CCCCCCCCC/C=C\CCCCCC)COP(=O)(O)OC[C@@H](O)COP(=O)(O)OC[C@@H](COC(=O)CCCCCCCCCCCCCCCCC)OC(=O)CCC/C=C\C/C=C\C/C=C\C/C=C\CCCCC. The molecule has 0 heterocycles. The second-order valence-corrected chi connectivity index (χ2v) is 30.3. The summed E-state index contributed by atoms with van der Waals surface area (Å²) >= 11 is 0. The predicted octanol–water partition coefficient (Wildman–Crippen LogP) is 24.1. The average molecular weight is 1500 g/mol. The molecule has 0 aromatic heterocycles. The molecule has 0 saturated carbocycles. The number of allylic oxidation sites excluding steroid dienone is 18. The number of hydrogen-bond acceptors (Lipinski definition) is 15. The van der Waals surface area contributed by atoms with Crippen molar-refractivity contribution in [2.24, 2.45) is 0 Å². The Labute approximate surface area is 632 Å². The molecule has 0 aromatic rings. The zero-order valence-electron chi connectivity index (χ0n) is 65.7. The molecule has 0 aliphatic rings. The van der Waals surface area contributed by atoms with Crippen LogP contribution in [0.25, 0.3) is 0 Å². The van der Waals surface area contributed by atoms with Crippen LogP contribution in [0.4, 0.5) is 0 Å². The van der Waals surface area contributed by atoms with Gasteiger partial charge in [0.1, 0.15) is 19.3 Å². The van der Waals surface area contributed by atoms with Gasteiger partial charge < -0.3 is 33.8 Å². The molecule has 5 atom stereocenters. The largest absolute Gasteiger partial charge is 0.472 e. The van der Waals surface area contributed by atoms with Crippen molar-refractivity contribution in [2.75, 3.05) is 39.6 Å². The monoisotopic (exact) mass is 1500 g/mol. The van der Waals surface area contributed by atoms with E-state index in [4.69, 9.17) is 37.0 Å². The number of carbonyl (C=O) groups excluding carboxylic acids is 4. The van der Waals surface area contributed by atoms with E-state index in [1.807, 2.05) is 24.3 Å². The molecule has 17 nitrogen and oxygen atoms in total. The summed E-state index contributed by atoms with van der Waals surface area (Å²) in [5.74, 6) is -2.29. The van der Waals surface area contributed by atoms with Gasteiger partial charge in [-0.05, 0) is 128 Å². The van der Waals surface area contributed by atoms with Crippen molar-refractivity contribution in [3.63, 3.8) is 0 Å². The molecule has 19 heteroatoms. The summed E-state index contributed by atoms with van der Waals surface area (Å²) in [5.41, 5.74) is 0. The van der Waals surface area contributed by atoms with E-state index in [-0.39, 0.29) is 25.7 Å². The first-order chi connectivity index (χ1) is 50.7. The first-order valence-electron chi connectivity index (χ1n) is 41.1. The van der Waals surface area contributed by atoms with Crippen molar-refractivity contribution in [3.05, 3.63) is 109 Å². The number of unbranched alkanes of at least 4 members (excludes halogenated alkanes) is 33. The van der Waals surface area contributed by atoms with E-state index < -0.39 is 97.5 Å². The molecule has 0 spiro atoms. The maximum absolute atomic E-state index is 13.1. The highest BCUT2D eigenvalue weighted by molar-refractivity contribution is 7.47. The van der Waals surface area contributed by atoms with Gasteiger partial charge in [-0.2, -0.15) is 0 Å². The lowest BCUT2D eigenvalue weighted by molar-refractivity contribution is -0.161. The van der Waals surface area contributed by atoms with Crippen molar-refractivity contribution in [1.82, 2.24) is 0 Å². The van der Waals surface area contributed by atoms with Gasteiger partial charge in [-0.1, -0.05) is 304 Å². The number of aliphatic hydroxyl groups excluding tert-OH is 1. The second kappa shape index (κ2) is 76.9. The highest BCUT2D eigenvalue weighted by Gasteiger charge is 2.30. The molecule has 0 fully saturated rings. The van der Waals surface area contributed by atoms with Gasteiger partial charge in [-0.25, -0.2) is 9.13 Å². The molecule has 3 N–H and O–H groups in total. The van der Waals surface area contributed by atoms with Crippen LogP contribution in [0.1, 0.15) is 349 Å². The fourth-order valence-electron chi connectivity index (χ4n) is 10.9. The van der Waals surface area contributed by atoms with Gasteiger partial charge in [-0.3, -0.25) is 37.3 Å². The van der Waals surface area contributed by atoms with Crippen LogP contribution in [0.2, 0.25) is 0 Å². The molecular weight excluding hydrogens is 1350 g/mol. The number of carbonyl (C=O) groups is 4. The molecule has 0 aromatic carbocycles. The van der Waals surface area contributed by atoms with Gasteiger partial charge in [0.15, 0.2) is 12.2 Å². The van der Waals surface area contributed by atoms with Gasteiger partial charge in [0.25, 0.3) is 0 Å². The average Bonchev–Trinajstić information content (AvgIpc) is 0.907. The standard InChI is InChI=1S/C85H148O17P2/c1-5-9-13-17-21-25-29-33-37-39-43-47-51-55-59-63-67-71-84(89)101-80(75-95-82(87)69-65-61-57-53-49-45-41-35-31-27-23-19-15-11-7-3)77-99-103(91,92)97-73-79(86)74-98-104(93,94)100-78-81(76-96-83(88)70-66-62-58-54-50-46-42-36-32-28-24-20-16-12-8-4)102-85(90)72-68-64-60-56-52-48-44-40-38-34-30-26-22-18-14-10-6-2/h21-22,25-27,31,33-34,37-38,43-44,47-48,55-56,59-60,79-81,86H,5-20,23-24,28-30,32,35-36,39-42,45-46,49-54,57-58,61-78H2,1-4H3,(H,91,92)(H,93,94)/b25-21-,26-22-,31-27-,37-33-,38-34-,47-43-,48-44-,59-55-,60-56-/t79-,80-,81-/m1/s1. The van der Waals surface area contributed by atoms with Crippen LogP contribution in [-0.4, -0.2) is 96.7 Å². The number of aliphatic hydroxyl groups is 1. The molecule has 0 radical (unpaired) electrons. The Bertz CT molecular complexity index is 2390. The molecule has 0 saturated heterocycles. The number of esters is 4. The lowest BCUT2D eigenvalue weighted by Crippen LogP contribution is -2.30. The van der Waals surface area contributed by atoms with E-state index in [0.717, 1.165) is 109 Å². The Hall–Kier alpha value is -4.28. The third-order valence-corrected chi connectivity index (χ3v) is 19.1. The molecule has 104 heavy (non-hydrogen) atoms. The summed E-state index contributed by atoms with van der Waals surface area (Å²) < 4.78 is 68.6. The van der Waals surface area contributed by atoms with E-state index in [9.17, 15) is 43.2 Å². The number of ether oxygens (including phenoxy) is 4. The van der Waals surface area contributed by atoms with Gasteiger partial charge in [0, 0.05) is 25.7 Å². The number of rotatable bonds is 77. The topological polar surface area (TPSA) is 237 Å². The van der Waals surface area contributed by atoms with Crippen molar-refractivity contribution >= 4 is 39.5 Å². The van der Waals surface area contributed by atoms with Crippen LogP contribution in [0, 0.1) is 0 Å². The summed E-state index contributed by atoms with van der Waals surface area (Å²) in [7, 11) is -9.99. The van der Waals surface area contributed by atoms with E-state index in [2.05, 4.69) is 113 Å². The van der Waals surface area contributed by atoms with Gasteiger partial charge >= 0.3 is 39.5 Å². The Balaban J connectivity index is 5.46. The normalized spacial score (nSPS) is 14.4. The van der Waals surface area contributed by atoms with Crippen molar-refractivity contribution in [1.29, 1.82) is 0 Å². The summed E-state index contributed by atoms with van der Waals surface area (Å²) in [4.78, 5) is 73.0. The minimum atomic E-state index is -5.00. The molecule has 0 amide bonds. The molecular formula is C85H148O17P2. The maximum Gasteiger partial charge on any atom is 0.472 e. The Morgan fingerprint density at radius 2 is 0.481 bits per heavy atom. The summed E-state index contributed by atoms with van der Waals surface area (Å²) in [5, 5.41) is 10.6. The van der Waals surface area contributed by atoms with E-state index in [0.29, 0.717) is 38.5 Å². The Morgan fingerprint density at radius 3 is 0.788 bits per heavy atom. The van der Waals surface area contributed by atoms with Crippen molar-refractivity contribution in [2.45, 2.75) is 367 Å². The highest BCUT2D eigenvalue weighted by atomic mass is 31.2. The summed E-state index contributed by atoms with van der Waals surface area (Å²) in [6.45, 7) is 4.72. The lowest BCUT2D eigenvalue weighted by atomic mass is 10.0. The van der Waals surface area contributed by atoms with E-state index in [1.54, 1.807) is 0 Å². The molecule has 2 unspecified atom stereocenters. The molecule has 0 bridgehead atoms. The third-order valence-electron chi connectivity index (χ3n) is 17.2. The zero-order valence-corrected chi connectivity index (χ0v) is 67.5. The second-order valence-electron chi connectivity index (χ2n) is 27.4. The molecule has 600 valence electrons. The highest BCUT2D eigenvalue weighted by Crippen LogP contribution is 2.45. The number of phosphoric ester groups is 2. The quantitative estimate of drug-likeness (QED) is 0.0169. The van der Waals surface area contributed by atoms with Crippen LogP contribution in [0.5, 0.6) is 0 Å². The number of hydrogen-bond donors (Lipinski definition) is 3. The van der Waals surface area contributed by atoms with Crippen LogP contribution < -0.4 is 0 Å². The summed E-state index contributed by atoms with van der Waals surface area (Å²) in [6.07, 6.45) is 83.6. The maximum atomic E-state index is 13.1. The van der Waals surface area contributed by atoms with Gasteiger partial charge in [-0.15, -0.1) is 0 Å². The van der Waals surface area contributed by atoms with E-state index in [1.165, 1.54) is 148 Å². The smallest absolute Gasteiger partial charge is 0.462 e. The van der Waals surface area contributed by atoms with E-state index >= 15 is 0 Å². The van der Waals surface area contributed by atoms with Gasteiger partial charge in [0.05, 0.1) is 26.4 Å². The minimum absolute atomic E-state index is 0.0168. The zero-order chi connectivity index (χ0) is 76.0. The van der Waals surface area contributed by atoms with Crippen LogP contribution in [0.15, 0.2) is 109 Å². The van der Waals surface area contributed by atoms with Gasteiger partial charge in [0.2, 0.25) is 0 Å². The number of phosphoric acid groups is 2. The Morgan fingerprint density at radius 1 is 0.269 bits per heavy atom. The van der Waals surface area contributed by atoms with Crippen molar-refractivity contribution in [3.8, 4) is 0 Å². The van der Waals surface area contributed by atoms with Crippen LogP contribution in [0.3, 0.4) is 0 Å². The fourth-order valence-corrected chi connectivity index (χ4v) is 12.5. The molecule has 0 rings (SSSR count). The summed E-state index contributed by atoms with van der Waals surface area (Å²) in [6, 6.07) is 0. The predicted molar refractivity (Wildman–Crippen MR) is 427 cm³/mol. The first-order valence-corrected chi connectivity index (χ1v) is 44.1. The van der Waals surface area contributed by atoms with Crippen molar-refractivity contribution < 1.29 is 80.2 Å². The first kappa shape index (κ1) is 99.7. The molecule has 0 aliphatic heterocycles. The minimum Gasteiger partial charge on any atom is -0.462 e. The Kier molecular flexibility index (Phi) is 73.7. The third kappa shape index (κ3) is 75.9.